The lowest BCUT2D eigenvalue weighted by atomic mass is 9.98. The monoisotopic (exact) mass is 260 g/mol. The first kappa shape index (κ1) is 13.1. The highest BCUT2D eigenvalue weighted by Crippen LogP contribution is 2.26. The lowest BCUT2D eigenvalue weighted by Gasteiger charge is -2.18. The van der Waals surface area contributed by atoms with Crippen LogP contribution < -0.4 is 5.32 Å². The Labute approximate surface area is 113 Å². The second-order valence-electron chi connectivity index (χ2n) is 4.46. The zero-order valence-electron chi connectivity index (χ0n) is 10.9. The Morgan fingerprint density at radius 2 is 1.83 bits per heavy atom. The molecule has 94 valence electrons. The van der Waals surface area contributed by atoms with Gasteiger partial charge in [0.2, 0.25) is 0 Å². The van der Waals surface area contributed by atoms with E-state index < -0.39 is 0 Å². The summed E-state index contributed by atoms with van der Waals surface area (Å²) in [5.74, 6) is 0. The molecule has 0 fully saturated rings. The van der Waals surface area contributed by atoms with Crippen LogP contribution in [0, 0.1) is 13.8 Å². The van der Waals surface area contributed by atoms with E-state index in [1.807, 2.05) is 39.2 Å². The Balaban J connectivity index is 2.42. The molecule has 0 aliphatic carbocycles. The third-order valence-electron chi connectivity index (χ3n) is 3.07. The summed E-state index contributed by atoms with van der Waals surface area (Å²) in [5, 5.41) is 4.13. The molecule has 0 radical (unpaired) electrons. The molecule has 1 unspecified atom stereocenters. The van der Waals surface area contributed by atoms with E-state index in [9.17, 15) is 0 Å². The molecule has 0 saturated carbocycles. The molecule has 2 aromatic rings. The van der Waals surface area contributed by atoms with E-state index >= 15 is 0 Å². The van der Waals surface area contributed by atoms with Crippen LogP contribution in [0.4, 0.5) is 0 Å². The molecule has 1 N–H and O–H groups in total. The number of hydrogen-bond donors (Lipinski definition) is 1. The van der Waals surface area contributed by atoms with Gasteiger partial charge in [0.1, 0.15) is 0 Å². The molecule has 1 aromatic carbocycles. The summed E-state index contributed by atoms with van der Waals surface area (Å²) in [6.07, 6.45) is 1.84. The van der Waals surface area contributed by atoms with Crippen molar-refractivity contribution in [2.45, 2.75) is 19.9 Å². The van der Waals surface area contributed by atoms with Crippen LogP contribution in [0.1, 0.15) is 28.4 Å². The predicted molar refractivity (Wildman–Crippen MR) is 76.1 cm³/mol. The number of pyridine rings is 1. The zero-order chi connectivity index (χ0) is 13.1. The first-order valence-electron chi connectivity index (χ1n) is 5.97. The second kappa shape index (κ2) is 5.51. The highest BCUT2D eigenvalue weighted by molar-refractivity contribution is 6.31. The molecular formula is C15H17ClN2. The van der Waals surface area contributed by atoms with Gasteiger partial charge in [-0.1, -0.05) is 23.7 Å². The summed E-state index contributed by atoms with van der Waals surface area (Å²) in [6.45, 7) is 4.01. The van der Waals surface area contributed by atoms with Crippen molar-refractivity contribution >= 4 is 11.6 Å². The Morgan fingerprint density at radius 3 is 2.44 bits per heavy atom. The van der Waals surface area contributed by atoms with Gasteiger partial charge < -0.3 is 5.32 Å². The SMILES string of the molecule is CNC(c1ccnc(C)c1)c1ccc(C)c(Cl)c1. The van der Waals surface area contributed by atoms with Gasteiger partial charge in [-0.2, -0.15) is 0 Å². The smallest absolute Gasteiger partial charge is 0.0576 e. The van der Waals surface area contributed by atoms with E-state index in [0.29, 0.717) is 0 Å². The normalized spacial score (nSPS) is 12.4. The van der Waals surface area contributed by atoms with Crippen molar-refractivity contribution < 1.29 is 0 Å². The maximum atomic E-state index is 6.19. The quantitative estimate of drug-likeness (QED) is 0.911. The van der Waals surface area contributed by atoms with Gasteiger partial charge in [-0.25, -0.2) is 0 Å². The lowest BCUT2D eigenvalue weighted by Crippen LogP contribution is -2.17. The number of benzene rings is 1. The van der Waals surface area contributed by atoms with Gasteiger partial charge in [0.25, 0.3) is 0 Å². The molecule has 0 bridgehead atoms. The van der Waals surface area contributed by atoms with Crippen molar-refractivity contribution in [3.8, 4) is 0 Å². The average Bonchev–Trinajstić information content (AvgIpc) is 2.35. The van der Waals surface area contributed by atoms with Crippen LogP contribution in [0.15, 0.2) is 36.5 Å². The summed E-state index contributed by atoms with van der Waals surface area (Å²) in [4.78, 5) is 4.23. The van der Waals surface area contributed by atoms with Crippen LogP contribution in [0.3, 0.4) is 0 Å². The predicted octanol–water partition coefficient (Wildman–Crippen LogP) is 3.66. The highest BCUT2D eigenvalue weighted by atomic mass is 35.5. The molecule has 2 rings (SSSR count). The van der Waals surface area contributed by atoms with Gasteiger partial charge in [0, 0.05) is 16.9 Å². The summed E-state index contributed by atoms with van der Waals surface area (Å²) >= 11 is 6.19. The first-order valence-corrected chi connectivity index (χ1v) is 6.35. The zero-order valence-corrected chi connectivity index (χ0v) is 11.6. The fraction of sp³-hybridized carbons (Fsp3) is 0.267. The number of rotatable bonds is 3. The Bertz CT molecular complexity index is 552. The number of halogens is 1. The number of aryl methyl sites for hydroxylation is 2. The van der Waals surface area contributed by atoms with Crippen molar-refractivity contribution in [2.24, 2.45) is 0 Å². The van der Waals surface area contributed by atoms with Crippen molar-refractivity contribution in [3.63, 3.8) is 0 Å². The standard InChI is InChI=1S/C15H17ClN2/c1-10-4-5-12(9-14(10)16)15(17-3)13-6-7-18-11(2)8-13/h4-9,15,17H,1-3H3. The Kier molecular flexibility index (Phi) is 4.00. The topological polar surface area (TPSA) is 24.9 Å². The van der Waals surface area contributed by atoms with E-state index in [-0.39, 0.29) is 6.04 Å². The maximum Gasteiger partial charge on any atom is 0.0576 e. The van der Waals surface area contributed by atoms with Crippen LogP contribution in [0.2, 0.25) is 5.02 Å². The van der Waals surface area contributed by atoms with Gasteiger partial charge in [0.15, 0.2) is 0 Å². The van der Waals surface area contributed by atoms with E-state index in [1.165, 1.54) is 11.1 Å². The summed E-state index contributed by atoms with van der Waals surface area (Å²) in [5.41, 5.74) is 4.48. The summed E-state index contributed by atoms with van der Waals surface area (Å²) in [7, 11) is 1.95. The van der Waals surface area contributed by atoms with E-state index in [2.05, 4.69) is 28.5 Å². The maximum absolute atomic E-state index is 6.19. The van der Waals surface area contributed by atoms with Gasteiger partial charge in [-0.15, -0.1) is 0 Å². The molecule has 0 aliphatic rings. The molecule has 1 atom stereocenters. The minimum absolute atomic E-state index is 0.143. The molecule has 1 heterocycles. The first-order chi connectivity index (χ1) is 8.61. The summed E-state index contributed by atoms with van der Waals surface area (Å²) in [6, 6.07) is 10.4. The third-order valence-corrected chi connectivity index (χ3v) is 3.48. The molecule has 0 aliphatic heterocycles. The number of nitrogens with zero attached hydrogens (tertiary/aromatic N) is 1. The number of nitrogens with one attached hydrogen (secondary N) is 1. The minimum Gasteiger partial charge on any atom is -0.309 e. The van der Waals surface area contributed by atoms with E-state index in [1.54, 1.807) is 0 Å². The second-order valence-corrected chi connectivity index (χ2v) is 4.87. The third kappa shape index (κ3) is 2.71. The average molecular weight is 261 g/mol. The molecule has 2 nitrogen and oxygen atoms in total. The fourth-order valence-corrected chi connectivity index (χ4v) is 2.25. The lowest BCUT2D eigenvalue weighted by molar-refractivity contribution is 0.689. The van der Waals surface area contributed by atoms with Gasteiger partial charge in [-0.05, 0) is 55.8 Å². The molecule has 18 heavy (non-hydrogen) atoms. The number of hydrogen-bond acceptors (Lipinski definition) is 2. The van der Waals surface area contributed by atoms with Crippen LogP contribution in [-0.4, -0.2) is 12.0 Å². The Morgan fingerprint density at radius 1 is 1.11 bits per heavy atom. The Hall–Kier alpha value is -1.38. The van der Waals surface area contributed by atoms with Crippen LogP contribution in [0.5, 0.6) is 0 Å². The van der Waals surface area contributed by atoms with E-state index in [4.69, 9.17) is 11.6 Å². The molecule has 3 heteroatoms. The largest absolute Gasteiger partial charge is 0.309 e. The molecular weight excluding hydrogens is 244 g/mol. The fourth-order valence-electron chi connectivity index (χ4n) is 2.06. The van der Waals surface area contributed by atoms with Crippen LogP contribution in [-0.2, 0) is 0 Å². The molecule has 0 amide bonds. The molecule has 1 aromatic heterocycles. The van der Waals surface area contributed by atoms with Crippen LogP contribution >= 0.6 is 11.6 Å². The van der Waals surface area contributed by atoms with Crippen molar-refractivity contribution in [2.75, 3.05) is 7.05 Å². The van der Waals surface area contributed by atoms with Crippen molar-refractivity contribution in [1.82, 2.24) is 10.3 Å². The number of aromatic nitrogens is 1. The highest BCUT2D eigenvalue weighted by Gasteiger charge is 2.13. The van der Waals surface area contributed by atoms with Crippen molar-refractivity contribution in [3.05, 3.63) is 63.9 Å². The molecule has 0 spiro atoms. The van der Waals surface area contributed by atoms with Crippen molar-refractivity contribution in [1.29, 1.82) is 0 Å². The minimum atomic E-state index is 0.143. The van der Waals surface area contributed by atoms with Crippen LogP contribution in [0.25, 0.3) is 0 Å². The van der Waals surface area contributed by atoms with Gasteiger partial charge in [0.05, 0.1) is 6.04 Å². The van der Waals surface area contributed by atoms with E-state index in [0.717, 1.165) is 16.3 Å². The van der Waals surface area contributed by atoms with Gasteiger partial charge in [-0.3, -0.25) is 4.98 Å². The summed E-state index contributed by atoms with van der Waals surface area (Å²) < 4.78 is 0. The van der Waals surface area contributed by atoms with Gasteiger partial charge >= 0.3 is 0 Å². The molecule has 0 saturated heterocycles.